The fraction of sp³-hybridized carbons (Fsp3) is 0.750. The molecule has 0 saturated heterocycles. The number of hydrogen-bond donors (Lipinski definition) is 0. The Balaban J connectivity index is 4.04. The Hall–Kier alpha value is -0.830. The molecule has 0 radical (unpaired) electrons. The molecule has 0 aliphatic carbocycles. The number of esters is 1. The highest BCUT2D eigenvalue weighted by molar-refractivity contribution is 5.87. The lowest BCUT2D eigenvalue weighted by molar-refractivity contribution is -0.152. The molecule has 0 N–H and O–H groups in total. The summed E-state index contributed by atoms with van der Waals surface area (Å²) in [6, 6.07) is 0. The summed E-state index contributed by atoms with van der Waals surface area (Å²) in [5.41, 5.74) is 0.581. The van der Waals surface area contributed by atoms with Gasteiger partial charge < -0.3 is 4.74 Å². The molecule has 0 heterocycles. The number of carbonyl (C=O) groups is 1. The first kappa shape index (κ1) is 14.2. The quantitative estimate of drug-likeness (QED) is 0.370. The second-order valence-corrected chi connectivity index (χ2v) is 3.94. The van der Waals surface area contributed by atoms with Crippen molar-refractivity contribution in [3.63, 3.8) is 0 Å². The van der Waals surface area contributed by atoms with Gasteiger partial charge in [0.2, 0.25) is 0 Å². The van der Waals surface area contributed by atoms with E-state index in [1.54, 1.807) is 0 Å². The fourth-order valence-corrected chi connectivity index (χ4v) is 1.25. The molecule has 88 valence electrons. The smallest absolute Gasteiger partial charge is 0.334 e. The summed E-state index contributed by atoms with van der Waals surface area (Å²) in [6.45, 7) is 7.83. The predicted octanol–water partition coefficient (Wildman–Crippen LogP) is 2.57. The van der Waals surface area contributed by atoms with E-state index < -0.39 is 0 Å². The van der Waals surface area contributed by atoms with Crippen LogP contribution >= 0.6 is 0 Å². The van der Waals surface area contributed by atoms with Crippen LogP contribution in [0.5, 0.6) is 0 Å². The molecule has 0 aliphatic rings. The Bertz CT molecular complexity index is 212. The molecule has 0 aromatic carbocycles. The number of hydrogen-bond acceptors (Lipinski definition) is 3. The molecular weight excluding hydrogens is 190 g/mol. The monoisotopic (exact) mass is 213 g/mol. The minimum atomic E-state index is -0.260. The van der Waals surface area contributed by atoms with Crippen LogP contribution in [-0.4, -0.2) is 31.2 Å². The lowest BCUT2D eigenvalue weighted by Crippen LogP contribution is -2.32. The van der Waals surface area contributed by atoms with Gasteiger partial charge in [-0.05, 0) is 33.4 Å². The maximum absolute atomic E-state index is 11.6. The van der Waals surface area contributed by atoms with Gasteiger partial charge in [0.1, 0.15) is 0 Å². The van der Waals surface area contributed by atoms with Crippen LogP contribution in [0, 0.1) is 0 Å². The standard InChI is InChI=1S/C12H23NO2/c1-6-8-9-10(3)12(14)15-11(7-2)13(4)5/h11H,3,6-9H2,1-2,4-5H3. The highest BCUT2D eigenvalue weighted by atomic mass is 16.6. The average Bonchev–Trinajstić information content (AvgIpc) is 2.21. The predicted molar refractivity (Wildman–Crippen MR) is 62.5 cm³/mol. The van der Waals surface area contributed by atoms with Crippen LogP contribution in [-0.2, 0) is 9.53 Å². The summed E-state index contributed by atoms with van der Waals surface area (Å²) in [7, 11) is 3.80. The third-order valence-corrected chi connectivity index (χ3v) is 2.29. The largest absolute Gasteiger partial charge is 0.443 e. The van der Waals surface area contributed by atoms with Gasteiger partial charge in [-0.1, -0.05) is 26.8 Å². The van der Waals surface area contributed by atoms with E-state index in [9.17, 15) is 4.79 Å². The van der Waals surface area contributed by atoms with Crippen molar-refractivity contribution in [3.8, 4) is 0 Å². The molecule has 15 heavy (non-hydrogen) atoms. The maximum Gasteiger partial charge on any atom is 0.334 e. The summed E-state index contributed by atoms with van der Waals surface area (Å²) in [5.74, 6) is -0.260. The lowest BCUT2D eigenvalue weighted by Gasteiger charge is -2.23. The zero-order valence-corrected chi connectivity index (χ0v) is 10.4. The van der Waals surface area contributed by atoms with Crippen LogP contribution in [0.1, 0.15) is 39.5 Å². The highest BCUT2D eigenvalue weighted by Crippen LogP contribution is 2.10. The van der Waals surface area contributed by atoms with Gasteiger partial charge in [0, 0.05) is 5.57 Å². The lowest BCUT2D eigenvalue weighted by atomic mass is 10.1. The summed E-state index contributed by atoms with van der Waals surface area (Å²) >= 11 is 0. The molecule has 0 spiro atoms. The van der Waals surface area contributed by atoms with Crippen LogP contribution < -0.4 is 0 Å². The van der Waals surface area contributed by atoms with Gasteiger partial charge >= 0.3 is 5.97 Å². The Morgan fingerprint density at radius 2 is 2.00 bits per heavy atom. The van der Waals surface area contributed by atoms with Crippen LogP contribution in [0.15, 0.2) is 12.2 Å². The highest BCUT2D eigenvalue weighted by Gasteiger charge is 2.16. The van der Waals surface area contributed by atoms with Crippen molar-refractivity contribution < 1.29 is 9.53 Å². The van der Waals surface area contributed by atoms with Crippen LogP contribution in [0.25, 0.3) is 0 Å². The van der Waals surface area contributed by atoms with E-state index >= 15 is 0 Å². The second-order valence-electron chi connectivity index (χ2n) is 3.94. The van der Waals surface area contributed by atoms with Crippen molar-refractivity contribution in [2.24, 2.45) is 0 Å². The SMILES string of the molecule is C=C(CCCC)C(=O)OC(CC)N(C)C. The molecule has 0 aliphatic heterocycles. The van der Waals surface area contributed by atoms with Crippen molar-refractivity contribution in [2.75, 3.05) is 14.1 Å². The summed E-state index contributed by atoms with van der Waals surface area (Å²) in [6.07, 6.45) is 3.44. The molecule has 0 saturated carbocycles. The van der Waals surface area contributed by atoms with Crippen LogP contribution in [0.4, 0.5) is 0 Å². The van der Waals surface area contributed by atoms with E-state index in [2.05, 4.69) is 13.5 Å². The third kappa shape index (κ3) is 5.57. The van der Waals surface area contributed by atoms with E-state index in [-0.39, 0.29) is 12.2 Å². The van der Waals surface area contributed by atoms with Crippen molar-refractivity contribution in [1.82, 2.24) is 4.90 Å². The van der Waals surface area contributed by atoms with Crippen molar-refractivity contribution in [3.05, 3.63) is 12.2 Å². The van der Waals surface area contributed by atoms with E-state index in [4.69, 9.17) is 4.74 Å². The molecule has 3 nitrogen and oxygen atoms in total. The first-order valence-electron chi connectivity index (χ1n) is 5.58. The first-order valence-corrected chi connectivity index (χ1v) is 5.58. The van der Waals surface area contributed by atoms with Gasteiger partial charge in [-0.15, -0.1) is 0 Å². The average molecular weight is 213 g/mol. The fourth-order valence-electron chi connectivity index (χ4n) is 1.25. The molecule has 0 amide bonds. The van der Waals surface area contributed by atoms with Gasteiger partial charge in [0.15, 0.2) is 6.23 Å². The molecule has 1 atom stereocenters. The molecule has 0 fully saturated rings. The van der Waals surface area contributed by atoms with E-state index in [0.717, 1.165) is 25.7 Å². The Labute approximate surface area is 93.1 Å². The normalized spacial score (nSPS) is 12.6. The molecule has 3 heteroatoms. The maximum atomic E-state index is 11.6. The number of nitrogens with zero attached hydrogens (tertiary/aromatic N) is 1. The first-order chi connectivity index (χ1) is 7.02. The Morgan fingerprint density at radius 1 is 1.40 bits per heavy atom. The second kappa shape index (κ2) is 7.46. The van der Waals surface area contributed by atoms with E-state index in [1.165, 1.54) is 0 Å². The van der Waals surface area contributed by atoms with Gasteiger partial charge in [0.05, 0.1) is 0 Å². The van der Waals surface area contributed by atoms with Crippen molar-refractivity contribution in [1.29, 1.82) is 0 Å². The van der Waals surface area contributed by atoms with Crippen LogP contribution in [0.2, 0.25) is 0 Å². The minimum Gasteiger partial charge on any atom is -0.443 e. The van der Waals surface area contributed by atoms with Gasteiger partial charge in [-0.25, -0.2) is 4.79 Å². The van der Waals surface area contributed by atoms with Gasteiger partial charge in [0.25, 0.3) is 0 Å². The molecule has 0 aromatic heterocycles. The van der Waals surface area contributed by atoms with E-state index in [1.807, 2.05) is 25.9 Å². The van der Waals surface area contributed by atoms with Gasteiger partial charge in [-0.2, -0.15) is 0 Å². The number of carbonyl (C=O) groups excluding carboxylic acids is 1. The number of unbranched alkanes of at least 4 members (excludes halogenated alkanes) is 1. The summed E-state index contributed by atoms with van der Waals surface area (Å²) < 4.78 is 5.31. The molecule has 0 bridgehead atoms. The zero-order valence-electron chi connectivity index (χ0n) is 10.4. The Kier molecular flexibility index (Phi) is 7.05. The van der Waals surface area contributed by atoms with Gasteiger partial charge in [-0.3, -0.25) is 4.90 Å². The molecular formula is C12H23NO2. The topological polar surface area (TPSA) is 29.5 Å². The summed E-state index contributed by atoms with van der Waals surface area (Å²) in [5, 5.41) is 0. The molecule has 1 unspecified atom stereocenters. The number of rotatable bonds is 7. The van der Waals surface area contributed by atoms with Crippen LogP contribution in [0.3, 0.4) is 0 Å². The third-order valence-electron chi connectivity index (χ3n) is 2.29. The zero-order chi connectivity index (χ0) is 11.8. The molecule has 0 rings (SSSR count). The van der Waals surface area contributed by atoms with Crippen molar-refractivity contribution in [2.45, 2.75) is 45.8 Å². The molecule has 0 aromatic rings. The number of ether oxygens (including phenoxy) is 1. The van der Waals surface area contributed by atoms with E-state index in [0.29, 0.717) is 5.57 Å². The Morgan fingerprint density at radius 3 is 2.40 bits per heavy atom. The van der Waals surface area contributed by atoms with Crippen molar-refractivity contribution >= 4 is 5.97 Å². The summed E-state index contributed by atoms with van der Waals surface area (Å²) in [4.78, 5) is 13.5. The minimum absolute atomic E-state index is 0.143.